The first-order chi connectivity index (χ1) is 8.04. The number of methoxy groups -OCH3 is 1. The van der Waals surface area contributed by atoms with E-state index < -0.39 is 5.97 Å². The predicted molar refractivity (Wildman–Crippen MR) is 65.5 cm³/mol. The van der Waals surface area contributed by atoms with E-state index in [1.165, 1.54) is 0 Å². The Balaban J connectivity index is 2.71. The molecule has 0 bridgehead atoms. The molecule has 2 rings (SSSR count). The van der Waals surface area contributed by atoms with E-state index in [-0.39, 0.29) is 6.42 Å². The van der Waals surface area contributed by atoms with E-state index >= 15 is 0 Å². The highest BCUT2D eigenvalue weighted by Crippen LogP contribution is 2.30. The minimum absolute atomic E-state index is 0.0216. The van der Waals surface area contributed by atoms with Crippen LogP contribution in [0.25, 0.3) is 10.9 Å². The second-order valence-corrected chi connectivity index (χ2v) is 4.11. The van der Waals surface area contributed by atoms with Gasteiger partial charge in [0.2, 0.25) is 0 Å². The number of hydrogen-bond acceptors (Lipinski definition) is 2. The molecule has 1 aromatic heterocycles. The monoisotopic (exact) mass is 233 g/mol. The fourth-order valence-electron chi connectivity index (χ4n) is 2.11. The Labute approximate surface area is 99.4 Å². The fraction of sp³-hybridized carbons (Fsp3) is 0.308. The molecule has 17 heavy (non-hydrogen) atoms. The zero-order chi connectivity index (χ0) is 12.6. The van der Waals surface area contributed by atoms with Crippen LogP contribution in [0, 0.1) is 6.92 Å². The van der Waals surface area contributed by atoms with Gasteiger partial charge >= 0.3 is 5.97 Å². The van der Waals surface area contributed by atoms with Crippen molar-refractivity contribution in [2.75, 3.05) is 7.11 Å². The van der Waals surface area contributed by atoms with Crippen molar-refractivity contribution >= 4 is 16.9 Å². The fourth-order valence-corrected chi connectivity index (χ4v) is 2.11. The summed E-state index contributed by atoms with van der Waals surface area (Å²) in [5.41, 5.74) is 2.84. The highest BCUT2D eigenvalue weighted by molar-refractivity contribution is 5.90. The van der Waals surface area contributed by atoms with Crippen molar-refractivity contribution in [2.45, 2.75) is 13.3 Å². The van der Waals surface area contributed by atoms with Gasteiger partial charge in [0, 0.05) is 18.1 Å². The summed E-state index contributed by atoms with van der Waals surface area (Å²) in [5.74, 6) is -0.0581. The lowest BCUT2D eigenvalue weighted by Gasteiger charge is -2.07. The van der Waals surface area contributed by atoms with E-state index in [0.717, 1.165) is 27.9 Å². The Kier molecular flexibility index (Phi) is 2.79. The molecule has 0 aliphatic rings. The zero-order valence-corrected chi connectivity index (χ0v) is 10.2. The number of benzene rings is 1. The molecular formula is C13H15NO3. The first kappa shape index (κ1) is 11.5. The van der Waals surface area contributed by atoms with E-state index in [2.05, 4.69) is 0 Å². The lowest BCUT2D eigenvalue weighted by atomic mass is 10.1. The summed E-state index contributed by atoms with van der Waals surface area (Å²) in [6, 6.07) is 5.80. The van der Waals surface area contributed by atoms with Crippen LogP contribution in [0.4, 0.5) is 0 Å². The van der Waals surface area contributed by atoms with Crippen LogP contribution in [0.15, 0.2) is 18.2 Å². The molecule has 0 saturated heterocycles. The number of aliphatic carboxylic acids is 1. The van der Waals surface area contributed by atoms with Gasteiger partial charge in [0.15, 0.2) is 0 Å². The number of fused-ring (bicyclic) bond motifs is 1. The minimum atomic E-state index is -0.826. The zero-order valence-electron chi connectivity index (χ0n) is 10.2. The highest BCUT2D eigenvalue weighted by atomic mass is 16.5. The van der Waals surface area contributed by atoms with Crippen molar-refractivity contribution in [3.8, 4) is 5.75 Å². The van der Waals surface area contributed by atoms with Gasteiger partial charge in [-0.15, -0.1) is 0 Å². The van der Waals surface area contributed by atoms with Gasteiger partial charge in [0.1, 0.15) is 5.75 Å². The molecule has 1 N–H and O–H groups in total. The van der Waals surface area contributed by atoms with Crippen LogP contribution in [0.2, 0.25) is 0 Å². The Morgan fingerprint density at radius 2 is 2.18 bits per heavy atom. The number of hydrogen-bond donors (Lipinski definition) is 1. The summed E-state index contributed by atoms with van der Waals surface area (Å²) in [5, 5.41) is 9.91. The minimum Gasteiger partial charge on any atom is -0.495 e. The summed E-state index contributed by atoms with van der Waals surface area (Å²) in [7, 11) is 3.48. The maximum atomic E-state index is 10.8. The Morgan fingerprint density at radius 3 is 2.76 bits per heavy atom. The average molecular weight is 233 g/mol. The quantitative estimate of drug-likeness (QED) is 0.883. The topological polar surface area (TPSA) is 51.5 Å². The van der Waals surface area contributed by atoms with Crippen LogP contribution < -0.4 is 4.74 Å². The van der Waals surface area contributed by atoms with Gasteiger partial charge in [0.25, 0.3) is 0 Å². The van der Waals surface area contributed by atoms with Gasteiger partial charge in [-0.25, -0.2) is 0 Å². The smallest absolute Gasteiger partial charge is 0.309 e. The van der Waals surface area contributed by atoms with Crippen molar-refractivity contribution in [1.82, 2.24) is 4.57 Å². The third-order valence-corrected chi connectivity index (χ3v) is 3.03. The van der Waals surface area contributed by atoms with Crippen molar-refractivity contribution in [3.63, 3.8) is 0 Å². The predicted octanol–water partition coefficient (Wildman–Crippen LogP) is 2.12. The van der Waals surface area contributed by atoms with Crippen molar-refractivity contribution < 1.29 is 14.6 Å². The molecule has 0 unspecified atom stereocenters. The van der Waals surface area contributed by atoms with Crippen LogP contribution in [0.3, 0.4) is 0 Å². The number of aromatic nitrogens is 1. The van der Waals surface area contributed by atoms with Gasteiger partial charge in [-0.2, -0.15) is 0 Å². The molecule has 0 atom stereocenters. The molecule has 0 aliphatic carbocycles. The number of aryl methyl sites for hydroxylation is 2. The summed E-state index contributed by atoms with van der Waals surface area (Å²) in [6.07, 6.45) is 0.0216. The van der Waals surface area contributed by atoms with E-state index in [1.807, 2.05) is 36.7 Å². The Bertz CT molecular complexity index is 584. The SMILES string of the molecule is COc1ccc(C)c2cc(CC(=O)O)n(C)c12. The van der Waals surface area contributed by atoms with E-state index in [1.54, 1.807) is 7.11 Å². The van der Waals surface area contributed by atoms with E-state index in [4.69, 9.17) is 9.84 Å². The molecule has 0 fully saturated rings. The van der Waals surface area contributed by atoms with Gasteiger partial charge in [-0.1, -0.05) is 6.07 Å². The number of ether oxygens (including phenoxy) is 1. The van der Waals surface area contributed by atoms with Crippen LogP contribution in [0.1, 0.15) is 11.3 Å². The molecule has 4 nitrogen and oxygen atoms in total. The van der Waals surface area contributed by atoms with Crippen molar-refractivity contribution in [3.05, 3.63) is 29.5 Å². The molecule has 0 saturated carbocycles. The maximum absolute atomic E-state index is 10.8. The summed E-state index contributed by atoms with van der Waals surface area (Å²) < 4.78 is 7.20. The third kappa shape index (κ3) is 1.86. The second-order valence-electron chi connectivity index (χ2n) is 4.11. The average Bonchev–Trinajstić information content (AvgIpc) is 2.58. The normalized spacial score (nSPS) is 10.8. The molecule has 0 radical (unpaired) electrons. The first-order valence-electron chi connectivity index (χ1n) is 5.38. The van der Waals surface area contributed by atoms with Crippen molar-refractivity contribution in [1.29, 1.82) is 0 Å². The maximum Gasteiger partial charge on any atom is 0.309 e. The molecular weight excluding hydrogens is 218 g/mol. The van der Waals surface area contributed by atoms with E-state index in [0.29, 0.717) is 0 Å². The number of carboxylic acids is 1. The van der Waals surface area contributed by atoms with Gasteiger partial charge in [-0.05, 0) is 24.6 Å². The molecule has 1 heterocycles. The molecule has 2 aromatic rings. The molecule has 4 heteroatoms. The number of carboxylic acid groups (broad SMARTS) is 1. The molecule has 1 aromatic carbocycles. The lowest BCUT2D eigenvalue weighted by molar-refractivity contribution is -0.136. The lowest BCUT2D eigenvalue weighted by Crippen LogP contribution is -2.05. The number of nitrogens with zero attached hydrogens (tertiary/aromatic N) is 1. The summed E-state index contributed by atoms with van der Waals surface area (Å²) >= 11 is 0. The van der Waals surface area contributed by atoms with Crippen molar-refractivity contribution in [2.24, 2.45) is 7.05 Å². The molecule has 90 valence electrons. The van der Waals surface area contributed by atoms with Gasteiger partial charge < -0.3 is 14.4 Å². The van der Waals surface area contributed by atoms with Crippen LogP contribution in [-0.4, -0.2) is 22.8 Å². The van der Waals surface area contributed by atoms with Crippen LogP contribution in [-0.2, 0) is 18.3 Å². The Hall–Kier alpha value is -1.97. The molecule has 0 spiro atoms. The number of rotatable bonds is 3. The first-order valence-corrected chi connectivity index (χ1v) is 5.38. The number of carbonyl (C=O) groups is 1. The van der Waals surface area contributed by atoms with Gasteiger partial charge in [-0.3, -0.25) is 4.79 Å². The summed E-state index contributed by atoms with van der Waals surface area (Å²) in [6.45, 7) is 2.01. The molecule has 0 amide bonds. The third-order valence-electron chi connectivity index (χ3n) is 3.03. The summed E-state index contributed by atoms with van der Waals surface area (Å²) in [4.78, 5) is 10.8. The van der Waals surface area contributed by atoms with Crippen LogP contribution >= 0.6 is 0 Å². The Morgan fingerprint density at radius 1 is 1.47 bits per heavy atom. The van der Waals surface area contributed by atoms with E-state index in [9.17, 15) is 4.79 Å². The largest absolute Gasteiger partial charge is 0.495 e. The standard InChI is InChI=1S/C13H15NO3/c1-8-4-5-11(17-3)13-10(8)6-9(14(13)2)7-12(15)16/h4-6H,7H2,1-3H3,(H,15,16). The van der Waals surface area contributed by atoms with Gasteiger partial charge in [0.05, 0.1) is 19.0 Å². The molecule has 0 aliphatic heterocycles. The second kappa shape index (κ2) is 4.13. The highest BCUT2D eigenvalue weighted by Gasteiger charge is 2.13. The van der Waals surface area contributed by atoms with Crippen LogP contribution in [0.5, 0.6) is 5.75 Å².